The highest BCUT2D eigenvalue weighted by Gasteiger charge is 2.25. The fourth-order valence-corrected chi connectivity index (χ4v) is 2.44. The second-order valence-electron chi connectivity index (χ2n) is 5.50. The molecule has 110 valence electrons. The van der Waals surface area contributed by atoms with Crippen LogP contribution >= 0.6 is 0 Å². The van der Waals surface area contributed by atoms with Gasteiger partial charge in [0.2, 0.25) is 5.88 Å². The first-order valence-corrected chi connectivity index (χ1v) is 7.22. The van der Waals surface area contributed by atoms with Crippen LogP contribution in [0, 0.1) is 5.41 Å². The molecule has 0 amide bonds. The molecule has 0 saturated heterocycles. The Hall–Kier alpha value is -2.14. The summed E-state index contributed by atoms with van der Waals surface area (Å²) in [6.07, 6.45) is 2.58. The van der Waals surface area contributed by atoms with Crippen LogP contribution in [0.4, 0.5) is 0 Å². The first kappa shape index (κ1) is 13.8. The molecule has 0 spiro atoms. The number of aromatic nitrogens is 1. The maximum Gasteiger partial charge on any atom is 0.214 e. The van der Waals surface area contributed by atoms with E-state index in [0.29, 0.717) is 18.1 Å². The predicted molar refractivity (Wildman–Crippen MR) is 83.9 cm³/mol. The van der Waals surface area contributed by atoms with Crippen molar-refractivity contribution in [2.75, 3.05) is 20.2 Å². The number of ether oxygens (including phenoxy) is 1. The number of nitrogens with one attached hydrogen (secondary N) is 1. The molecule has 3 rings (SSSR count). The van der Waals surface area contributed by atoms with Crippen molar-refractivity contribution in [1.82, 2.24) is 9.88 Å². The number of nitrogens with two attached hydrogens (primary N) is 1. The van der Waals surface area contributed by atoms with E-state index in [4.69, 9.17) is 15.9 Å². The number of nitrogen functional groups attached to an aromatic ring is 1. The summed E-state index contributed by atoms with van der Waals surface area (Å²) in [5.41, 5.74) is 7.14. The Morgan fingerprint density at radius 3 is 2.90 bits per heavy atom. The van der Waals surface area contributed by atoms with Crippen LogP contribution in [0.2, 0.25) is 0 Å². The van der Waals surface area contributed by atoms with E-state index in [2.05, 4.69) is 16.9 Å². The number of rotatable bonds is 6. The van der Waals surface area contributed by atoms with Gasteiger partial charge in [0.05, 0.1) is 5.52 Å². The third kappa shape index (κ3) is 3.13. The van der Waals surface area contributed by atoms with Gasteiger partial charge in [-0.3, -0.25) is 5.41 Å². The Kier molecular flexibility index (Phi) is 3.75. The zero-order valence-corrected chi connectivity index (χ0v) is 12.2. The van der Waals surface area contributed by atoms with Crippen molar-refractivity contribution in [3.8, 4) is 5.88 Å². The van der Waals surface area contributed by atoms with Crippen molar-refractivity contribution in [3.63, 3.8) is 0 Å². The molecule has 5 heteroatoms. The summed E-state index contributed by atoms with van der Waals surface area (Å²) in [5, 5.41) is 8.59. The van der Waals surface area contributed by atoms with Crippen LogP contribution in [0.25, 0.3) is 10.9 Å². The molecule has 21 heavy (non-hydrogen) atoms. The Balaban J connectivity index is 1.76. The molecule has 0 unspecified atom stereocenters. The molecule has 3 N–H and O–H groups in total. The zero-order valence-electron chi connectivity index (χ0n) is 12.2. The Labute approximate surface area is 124 Å². The normalized spacial score (nSPS) is 14.6. The van der Waals surface area contributed by atoms with Crippen LogP contribution in [0.1, 0.15) is 18.4 Å². The molecular formula is C16H20N4O. The van der Waals surface area contributed by atoms with Gasteiger partial charge in [-0.15, -0.1) is 0 Å². The van der Waals surface area contributed by atoms with Crippen molar-refractivity contribution in [1.29, 1.82) is 5.41 Å². The van der Waals surface area contributed by atoms with Gasteiger partial charge in [-0.05, 0) is 26.0 Å². The quantitative estimate of drug-likeness (QED) is 0.628. The van der Waals surface area contributed by atoms with Crippen LogP contribution in [0.5, 0.6) is 5.88 Å². The lowest BCUT2D eigenvalue weighted by molar-refractivity contribution is 0.227. The maximum absolute atomic E-state index is 7.71. The van der Waals surface area contributed by atoms with Crippen molar-refractivity contribution >= 4 is 16.7 Å². The SMILES string of the molecule is CN(CCOc1cc(C(=N)N)c2ccccc2n1)C1CC1. The van der Waals surface area contributed by atoms with Crippen molar-refractivity contribution in [3.05, 3.63) is 35.9 Å². The second-order valence-corrected chi connectivity index (χ2v) is 5.50. The maximum atomic E-state index is 7.71. The summed E-state index contributed by atoms with van der Waals surface area (Å²) in [4.78, 5) is 6.80. The highest BCUT2D eigenvalue weighted by Crippen LogP contribution is 2.25. The highest BCUT2D eigenvalue weighted by atomic mass is 16.5. The number of amidine groups is 1. The second kappa shape index (κ2) is 5.69. The fraction of sp³-hybridized carbons (Fsp3) is 0.375. The molecule has 0 aliphatic heterocycles. The van der Waals surface area contributed by atoms with Gasteiger partial charge in [-0.25, -0.2) is 4.98 Å². The number of benzene rings is 1. The molecule has 0 bridgehead atoms. The highest BCUT2D eigenvalue weighted by molar-refractivity contribution is 6.06. The van der Waals surface area contributed by atoms with Gasteiger partial charge in [0.15, 0.2) is 0 Å². The number of hydrogen-bond acceptors (Lipinski definition) is 4. The molecule has 1 aromatic heterocycles. The minimum Gasteiger partial charge on any atom is -0.476 e. The van der Waals surface area contributed by atoms with E-state index in [1.807, 2.05) is 24.3 Å². The van der Waals surface area contributed by atoms with E-state index >= 15 is 0 Å². The summed E-state index contributed by atoms with van der Waals surface area (Å²) >= 11 is 0. The van der Waals surface area contributed by atoms with Gasteiger partial charge in [-0.2, -0.15) is 0 Å². The summed E-state index contributed by atoms with van der Waals surface area (Å²) in [6, 6.07) is 10.1. The lowest BCUT2D eigenvalue weighted by atomic mass is 10.1. The molecule has 5 nitrogen and oxygen atoms in total. The Morgan fingerprint density at radius 2 is 2.19 bits per heavy atom. The lowest BCUT2D eigenvalue weighted by Crippen LogP contribution is -2.26. The van der Waals surface area contributed by atoms with Crippen molar-refractivity contribution < 1.29 is 4.74 Å². The van der Waals surface area contributed by atoms with Crippen LogP contribution in [-0.2, 0) is 0 Å². The molecule has 0 radical (unpaired) electrons. The van der Waals surface area contributed by atoms with Crippen LogP contribution in [-0.4, -0.2) is 42.0 Å². The predicted octanol–water partition coefficient (Wildman–Crippen LogP) is 1.99. The van der Waals surface area contributed by atoms with E-state index in [9.17, 15) is 0 Å². The zero-order chi connectivity index (χ0) is 14.8. The van der Waals surface area contributed by atoms with Gasteiger partial charge >= 0.3 is 0 Å². The summed E-state index contributed by atoms with van der Waals surface area (Å²) in [6.45, 7) is 1.48. The standard InChI is InChI=1S/C16H20N4O/c1-20(11-6-7-11)8-9-21-15-10-13(16(17)18)12-4-2-3-5-14(12)19-15/h2-5,10-11H,6-9H2,1H3,(H3,17,18). The van der Waals surface area contributed by atoms with Gasteiger partial charge in [0.1, 0.15) is 12.4 Å². The molecular weight excluding hydrogens is 264 g/mol. The number of likely N-dealkylation sites (N-methyl/N-ethyl adjacent to an activating group) is 1. The molecule has 1 fully saturated rings. The van der Waals surface area contributed by atoms with Gasteiger partial charge in [-0.1, -0.05) is 18.2 Å². The largest absolute Gasteiger partial charge is 0.476 e. The van der Waals surface area contributed by atoms with E-state index in [1.165, 1.54) is 12.8 Å². The first-order chi connectivity index (χ1) is 10.1. The van der Waals surface area contributed by atoms with Crippen LogP contribution in [0.15, 0.2) is 30.3 Å². The molecule has 2 aromatic rings. The molecule has 1 aliphatic carbocycles. The average molecular weight is 284 g/mol. The van der Waals surface area contributed by atoms with E-state index in [1.54, 1.807) is 6.07 Å². The number of hydrogen-bond donors (Lipinski definition) is 2. The number of para-hydroxylation sites is 1. The Bertz CT molecular complexity index is 666. The van der Waals surface area contributed by atoms with Gasteiger partial charge < -0.3 is 15.4 Å². The minimum absolute atomic E-state index is 0.0357. The first-order valence-electron chi connectivity index (χ1n) is 7.22. The third-order valence-corrected chi connectivity index (χ3v) is 3.85. The summed E-state index contributed by atoms with van der Waals surface area (Å²) in [7, 11) is 2.12. The molecule has 1 aromatic carbocycles. The Morgan fingerprint density at radius 1 is 1.43 bits per heavy atom. The van der Waals surface area contributed by atoms with E-state index < -0.39 is 0 Å². The van der Waals surface area contributed by atoms with Crippen LogP contribution < -0.4 is 10.5 Å². The van der Waals surface area contributed by atoms with Gasteiger partial charge in [0.25, 0.3) is 0 Å². The average Bonchev–Trinajstić information content (AvgIpc) is 3.30. The smallest absolute Gasteiger partial charge is 0.214 e. The molecule has 1 heterocycles. The summed E-state index contributed by atoms with van der Waals surface area (Å²) < 4.78 is 5.75. The number of pyridine rings is 1. The third-order valence-electron chi connectivity index (χ3n) is 3.85. The minimum atomic E-state index is 0.0357. The number of fused-ring (bicyclic) bond motifs is 1. The van der Waals surface area contributed by atoms with E-state index in [-0.39, 0.29) is 5.84 Å². The van der Waals surface area contributed by atoms with Crippen molar-refractivity contribution in [2.45, 2.75) is 18.9 Å². The number of nitrogens with zero attached hydrogens (tertiary/aromatic N) is 2. The molecule has 0 atom stereocenters. The van der Waals surface area contributed by atoms with Gasteiger partial charge in [0, 0.05) is 29.6 Å². The monoisotopic (exact) mass is 284 g/mol. The molecule has 1 aliphatic rings. The summed E-state index contributed by atoms with van der Waals surface area (Å²) in [5.74, 6) is 0.566. The molecule has 1 saturated carbocycles. The van der Waals surface area contributed by atoms with E-state index in [0.717, 1.165) is 23.5 Å². The topological polar surface area (TPSA) is 75.2 Å². The lowest BCUT2D eigenvalue weighted by Gasteiger charge is -2.16. The fourth-order valence-electron chi connectivity index (χ4n) is 2.44. The van der Waals surface area contributed by atoms with Crippen molar-refractivity contribution in [2.24, 2.45) is 5.73 Å². The van der Waals surface area contributed by atoms with Crippen LogP contribution in [0.3, 0.4) is 0 Å².